The molecular formula is C17H31N9O7. The number of hydrogen-bond acceptors (Lipinski definition) is 8. The first-order valence-corrected chi connectivity index (χ1v) is 9.76. The van der Waals surface area contributed by atoms with E-state index in [1.54, 1.807) is 0 Å². The van der Waals surface area contributed by atoms with Crippen molar-refractivity contribution in [3.63, 3.8) is 0 Å². The van der Waals surface area contributed by atoms with Gasteiger partial charge in [-0.15, -0.1) is 0 Å². The van der Waals surface area contributed by atoms with E-state index in [0.29, 0.717) is 0 Å². The number of guanidine groups is 1. The molecular weight excluding hydrogens is 442 g/mol. The summed E-state index contributed by atoms with van der Waals surface area (Å²) in [5.74, 6) is -6.01. The number of nitrogens with one attached hydrogen (secondary N) is 3. The van der Waals surface area contributed by atoms with Gasteiger partial charge in [-0.2, -0.15) is 0 Å². The third-order valence-corrected chi connectivity index (χ3v) is 4.11. The van der Waals surface area contributed by atoms with E-state index in [4.69, 9.17) is 28.7 Å². The summed E-state index contributed by atoms with van der Waals surface area (Å²) < 4.78 is 0. The van der Waals surface area contributed by atoms with E-state index < -0.39 is 72.5 Å². The van der Waals surface area contributed by atoms with Gasteiger partial charge in [0.05, 0.1) is 18.9 Å². The average Bonchev–Trinajstić information content (AvgIpc) is 2.67. The van der Waals surface area contributed by atoms with Gasteiger partial charge in [-0.1, -0.05) is 0 Å². The predicted molar refractivity (Wildman–Crippen MR) is 115 cm³/mol. The number of carbonyl (C=O) groups is 6. The van der Waals surface area contributed by atoms with E-state index >= 15 is 0 Å². The van der Waals surface area contributed by atoms with Gasteiger partial charge in [0, 0.05) is 6.54 Å². The normalized spacial score (nSPS) is 14.0. The minimum absolute atomic E-state index is 0.0105. The molecule has 16 heteroatoms. The number of nitrogens with two attached hydrogens (primary N) is 5. The van der Waals surface area contributed by atoms with Crippen molar-refractivity contribution in [2.24, 2.45) is 33.7 Å². The Balaban J connectivity index is 5.05. The highest BCUT2D eigenvalue weighted by molar-refractivity contribution is 5.96. The van der Waals surface area contributed by atoms with Crippen LogP contribution in [0.15, 0.2) is 4.99 Å². The maximum Gasteiger partial charge on any atom is 0.326 e. The van der Waals surface area contributed by atoms with Crippen LogP contribution in [0.3, 0.4) is 0 Å². The molecule has 0 aliphatic carbocycles. The molecule has 0 aliphatic rings. The average molecular weight is 473 g/mol. The van der Waals surface area contributed by atoms with Crippen LogP contribution in [0.5, 0.6) is 0 Å². The van der Waals surface area contributed by atoms with E-state index in [0.717, 1.165) is 0 Å². The number of aliphatic carboxylic acids is 1. The summed E-state index contributed by atoms with van der Waals surface area (Å²) in [5.41, 5.74) is 25.9. The van der Waals surface area contributed by atoms with Gasteiger partial charge in [-0.3, -0.25) is 29.0 Å². The molecule has 0 spiro atoms. The van der Waals surface area contributed by atoms with Crippen LogP contribution in [0.4, 0.5) is 0 Å². The molecule has 0 fully saturated rings. The monoisotopic (exact) mass is 473 g/mol. The largest absolute Gasteiger partial charge is 0.480 e. The smallest absolute Gasteiger partial charge is 0.326 e. The van der Waals surface area contributed by atoms with Crippen LogP contribution in [-0.2, 0) is 28.8 Å². The highest BCUT2D eigenvalue weighted by Gasteiger charge is 2.29. The summed E-state index contributed by atoms with van der Waals surface area (Å²) in [4.78, 5) is 74.1. The van der Waals surface area contributed by atoms with Crippen molar-refractivity contribution in [3.8, 4) is 0 Å². The van der Waals surface area contributed by atoms with Crippen LogP contribution in [0.1, 0.15) is 32.6 Å². The zero-order chi connectivity index (χ0) is 25.7. The van der Waals surface area contributed by atoms with E-state index in [-0.39, 0.29) is 25.3 Å². The number of primary amides is 2. The summed E-state index contributed by atoms with van der Waals surface area (Å²) in [5, 5.41) is 15.9. The fraction of sp³-hybridized carbons (Fsp3) is 0.588. The molecule has 4 unspecified atom stereocenters. The van der Waals surface area contributed by atoms with Crippen LogP contribution in [0, 0.1) is 0 Å². The van der Waals surface area contributed by atoms with Crippen LogP contribution < -0.4 is 44.6 Å². The zero-order valence-electron chi connectivity index (χ0n) is 18.1. The number of nitrogens with zero attached hydrogens (tertiary/aromatic N) is 1. The Morgan fingerprint density at radius 2 is 1.36 bits per heavy atom. The lowest BCUT2D eigenvalue weighted by molar-refractivity contribution is -0.142. The predicted octanol–water partition coefficient (Wildman–Crippen LogP) is -5.32. The van der Waals surface area contributed by atoms with Gasteiger partial charge in [0.1, 0.15) is 18.1 Å². The second-order valence-corrected chi connectivity index (χ2v) is 7.09. The van der Waals surface area contributed by atoms with Gasteiger partial charge in [0.15, 0.2) is 5.96 Å². The number of rotatable bonds is 15. The maximum atomic E-state index is 12.5. The third kappa shape index (κ3) is 12.5. The number of aliphatic imine (C=N–C) groups is 1. The fourth-order valence-electron chi connectivity index (χ4n) is 2.44. The van der Waals surface area contributed by atoms with Gasteiger partial charge in [-0.05, 0) is 19.8 Å². The molecule has 186 valence electrons. The lowest BCUT2D eigenvalue weighted by Gasteiger charge is -2.22. The maximum absolute atomic E-state index is 12.5. The summed E-state index contributed by atoms with van der Waals surface area (Å²) in [6.45, 7) is 1.41. The number of carbonyl (C=O) groups excluding carboxylic acids is 5. The summed E-state index contributed by atoms with van der Waals surface area (Å²) >= 11 is 0. The molecule has 14 N–H and O–H groups in total. The molecule has 16 nitrogen and oxygen atoms in total. The van der Waals surface area contributed by atoms with E-state index in [2.05, 4.69) is 20.9 Å². The summed E-state index contributed by atoms with van der Waals surface area (Å²) in [6, 6.07) is -5.40. The van der Waals surface area contributed by atoms with Gasteiger partial charge in [0.2, 0.25) is 29.5 Å². The molecule has 0 aromatic carbocycles. The quantitative estimate of drug-likeness (QED) is 0.0617. The lowest BCUT2D eigenvalue weighted by Crippen LogP contribution is -2.57. The Morgan fingerprint density at radius 3 is 1.85 bits per heavy atom. The Hall–Kier alpha value is -3.95. The van der Waals surface area contributed by atoms with E-state index in [9.17, 15) is 33.9 Å². The Morgan fingerprint density at radius 1 is 0.818 bits per heavy atom. The first-order valence-electron chi connectivity index (χ1n) is 9.76. The molecule has 0 radical (unpaired) electrons. The van der Waals surface area contributed by atoms with Crippen molar-refractivity contribution in [2.45, 2.75) is 56.8 Å². The molecule has 0 aliphatic heterocycles. The summed E-state index contributed by atoms with van der Waals surface area (Å²) in [6.07, 6.45) is -0.863. The van der Waals surface area contributed by atoms with Crippen LogP contribution >= 0.6 is 0 Å². The molecule has 0 aromatic heterocycles. The van der Waals surface area contributed by atoms with Crippen LogP contribution in [0.2, 0.25) is 0 Å². The third-order valence-electron chi connectivity index (χ3n) is 4.11. The van der Waals surface area contributed by atoms with Gasteiger partial charge in [-0.25, -0.2) is 4.79 Å². The molecule has 33 heavy (non-hydrogen) atoms. The highest BCUT2D eigenvalue weighted by atomic mass is 16.4. The second-order valence-electron chi connectivity index (χ2n) is 7.09. The zero-order valence-corrected chi connectivity index (χ0v) is 18.1. The topological polar surface area (TPSA) is 301 Å². The Bertz CT molecular complexity index is 783. The van der Waals surface area contributed by atoms with Crippen molar-refractivity contribution in [3.05, 3.63) is 0 Å². The first-order chi connectivity index (χ1) is 15.2. The van der Waals surface area contributed by atoms with Crippen molar-refractivity contribution < 1.29 is 33.9 Å². The SMILES string of the molecule is CC(NC(=O)C(CC(N)=O)NC(=O)C(N)CC(N)=O)C(=O)NC(CCCN=C(N)N)C(=O)O. The number of hydrogen-bond donors (Lipinski definition) is 9. The lowest BCUT2D eigenvalue weighted by atomic mass is 10.1. The van der Waals surface area contributed by atoms with Crippen molar-refractivity contribution in [1.29, 1.82) is 0 Å². The van der Waals surface area contributed by atoms with E-state index in [1.807, 2.05) is 0 Å². The minimum atomic E-state index is -1.50. The van der Waals surface area contributed by atoms with Gasteiger partial charge >= 0.3 is 5.97 Å². The molecule has 0 heterocycles. The Kier molecular flexibility index (Phi) is 12.5. The highest BCUT2D eigenvalue weighted by Crippen LogP contribution is 2.01. The van der Waals surface area contributed by atoms with Gasteiger partial charge in [0.25, 0.3) is 0 Å². The molecule has 0 bridgehead atoms. The van der Waals surface area contributed by atoms with Crippen LogP contribution in [0.25, 0.3) is 0 Å². The van der Waals surface area contributed by atoms with Crippen molar-refractivity contribution in [2.75, 3.05) is 6.54 Å². The van der Waals surface area contributed by atoms with Crippen molar-refractivity contribution in [1.82, 2.24) is 16.0 Å². The molecule has 4 atom stereocenters. The van der Waals surface area contributed by atoms with Crippen molar-refractivity contribution >= 4 is 41.5 Å². The molecule has 0 aromatic rings. The standard InChI is InChI=1S/C17H31N9O7/c1-7(13(29)25-9(16(32)33)3-2-4-23-17(21)22)24-15(31)10(6-12(20)28)26-14(30)8(18)5-11(19)27/h7-10H,2-6,18H2,1H3,(H2,19,27)(H2,20,28)(H,24,31)(H,25,29)(H,26,30)(H,32,33)(H4,21,22,23). The van der Waals surface area contributed by atoms with Crippen LogP contribution in [-0.4, -0.2) is 77.3 Å². The second kappa shape index (κ2) is 14.2. The molecule has 0 saturated heterocycles. The minimum Gasteiger partial charge on any atom is -0.480 e. The first kappa shape index (κ1) is 29.0. The molecule has 0 rings (SSSR count). The number of carboxylic acid groups (broad SMARTS) is 1. The fourth-order valence-corrected chi connectivity index (χ4v) is 2.44. The van der Waals surface area contributed by atoms with E-state index in [1.165, 1.54) is 6.92 Å². The molecule has 5 amide bonds. The Labute approximate surface area is 189 Å². The summed E-state index contributed by atoms with van der Waals surface area (Å²) in [7, 11) is 0. The van der Waals surface area contributed by atoms with Gasteiger partial charge < -0.3 is 49.7 Å². The number of amides is 5. The number of carboxylic acids is 1. The molecule has 0 saturated carbocycles.